The van der Waals surface area contributed by atoms with Gasteiger partial charge < -0.3 is 15.4 Å². The van der Waals surface area contributed by atoms with Crippen LogP contribution >= 0.6 is 0 Å². The molecule has 0 bridgehead atoms. The van der Waals surface area contributed by atoms with Crippen LogP contribution in [0.1, 0.15) is 18.4 Å². The molecule has 0 unspecified atom stereocenters. The Morgan fingerprint density at radius 1 is 1.33 bits per heavy atom. The van der Waals surface area contributed by atoms with Crippen LogP contribution in [0.5, 0.6) is 0 Å². The lowest BCUT2D eigenvalue weighted by atomic mass is 9.99. The van der Waals surface area contributed by atoms with E-state index < -0.39 is 18.0 Å². The Labute approximate surface area is 141 Å². The summed E-state index contributed by atoms with van der Waals surface area (Å²) in [5.41, 5.74) is 9.38. The largest absolute Gasteiger partial charge is 0.460 e. The van der Waals surface area contributed by atoms with Crippen molar-refractivity contribution in [2.75, 3.05) is 13.2 Å². The average molecular weight is 333 g/mol. The number of primary amides is 1. The summed E-state index contributed by atoms with van der Waals surface area (Å²) in [6.45, 7) is 4.31. The number of likely N-dealkylation sites (tertiary alicyclic amines) is 1. The van der Waals surface area contributed by atoms with Crippen LogP contribution in [0.3, 0.4) is 0 Å². The molecular formula is C17H23N3O4. The molecule has 1 fully saturated rings. The van der Waals surface area contributed by atoms with Crippen molar-refractivity contribution in [2.45, 2.75) is 31.5 Å². The molecule has 1 aliphatic rings. The Morgan fingerprint density at radius 3 is 2.75 bits per heavy atom. The highest BCUT2D eigenvalue weighted by Gasteiger charge is 2.36. The summed E-state index contributed by atoms with van der Waals surface area (Å²) in [6, 6.07) is 8.34. The third-order valence-electron chi connectivity index (χ3n) is 3.81. The quantitative estimate of drug-likeness (QED) is 0.446. The van der Waals surface area contributed by atoms with Gasteiger partial charge >= 0.3 is 12.0 Å². The number of esters is 1. The van der Waals surface area contributed by atoms with Gasteiger partial charge in [0.05, 0.1) is 12.6 Å². The summed E-state index contributed by atoms with van der Waals surface area (Å²) < 4.78 is 5.03. The van der Waals surface area contributed by atoms with Gasteiger partial charge in [-0.25, -0.2) is 9.59 Å². The fourth-order valence-electron chi connectivity index (χ4n) is 2.61. The maximum atomic E-state index is 12.0. The van der Waals surface area contributed by atoms with Gasteiger partial charge in [-0.05, 0) is 18.4 Å². The first-order chi connectivity index (χ1) is 11.6. The van der Waals surface area contributed by atoms with Crippen LogP contribution in [0.2, 0.25) is 0 Å². The van der Waals surface area contributed by atoms with Crippen molar-refractivity contribution < 1.29 is 19.2 Å². The molecule has 0 saturated carbocycles. The lowest BCUT2D eigenvalue weighted by Crippen LogP contribution is -2.57. The van der Waals surface area contributed by atoms with E-state index in [0.717, 1.165) is 5.56 Å². The van der Waals surface area contributed by atoms with E-state index in [9.17, 15) is 9.59 Å². The standard InChI is InChI=1S/C17H23N3O4/c1-2-10-23-16(21)15-9-8-14(11-20(15)17(18)22)19-24-12-13-6-4-3-5-7-13/h2-7,14-15,19H,1,8-12H2,(H2,18,22)/t14-,15+/m1/s1. The summed E-state index contributed by atoms with van der Waals surface area (Å²) in [5.74, 6) is -0.461. The van der Waals surface area contributed by atoms with Gasteiger partial charge in [0.2, 0.25) is 0 Å². The fraction of sp³-hybridized carbons (Fsp3) is 0.412. The minimum atomic E-state index is -0.658. The van der Waals surface area contributed by atoms with Crippen molar-refractivity contribution in [2.24, 2.45) is 5.73 Å². The second-order valence-electron chi connectivity index (χ2n) is 5.59. The van der Waals surface area contributed by atoms with Gasteiger partial charge in [0.15, 0.2) is 0 Å². The molecular weight excluding hydrogens is 310 g/mol. The van der Waals surface area contributed by atoms with Crippen molar-refractivity contribution in [3.63, 3.8) is 0 Å². The monoisotopic (exact) mass is 333 g/mol. The Kier molecular flexibility index (Phi) is 6.77. The summed E-state index contributed by atoms with van der Waals surface area (Å²) in [7, 11) is 0. The molecule has 0 radical (unpaired) electrons. The molecule has 1 aromatic rings. The summed E-state index contributed by atoms with van der Waals surface area (Å²) in [4.78, 5) is 30.4. The number of hydrogen-bond donors (Lipinski definition) is 2. The molecule has 0 aliphatic carbocycles. The van der Waals surface area contributed by atoms with Crippen molar-refractivity contribution >= 4 is 12.0 Å². The van der Waals surface area contributed by atoms with Crippen LogP contribution < -0.4 is 11.2 Å². The number of carbonyl (C=O) groups excluding carboxylic acids is 2. The molecule has 1 aromatic carbocycles. The maximum absolute atomic E-state index is 12.0. The second kappa shape index (κ2) is 9.05. The SMILES string of the molecule is C=CCOC(=O)[C@@H]1CC[C@@H](NOCc2ccccc2)CN1C(N)=O. The van der Waals surface area contributed by atoms with Crippen molar-refractivity contribution in [1.82, 2.24) is 10.4 Å². The number of hydrogen-bond acceptors (Lipinski definition) is 5. The normalized spacial score (nSPS) is 20.4. The first kappa shape index (κ1) is 18.0. The van der Waals surface area contributed by atoms with E-state index in [4.69, 9.17) is 15.3 Å². The highest BCUT2D eigenvalue weighted by molar-refractivity contribution is 5.83. The predicted molar refractivity (Wildman–Crippen MR) is 88.6 cm³/mol. The Bertz CT molecular complexity index is 564. The molecule has 0 spiro atoms. The number of urea groups is 1. The molecule has 1 aliphatic heterocycles. The minimum Gasteiger partial charge on any atom is -0.460 e. The van der Waals surface area contributed by atoms with E-state index in [0.29, 0.717) is 19.4 Å². The predicted octanol–water partition coefficient (Wildman–Crippen LogP) is 1.35. The molecule has 3 N–H and O–H groups in total. The highest BCUT2D eigenvalue weighted by Crippen LogP contribution is 2.19. The maximum Gasteiger partial charge on any atom is 0.329 e. The smallest absolute Gasteiger partial charge is 0.329 e. The minimum absolute atomic E-state index is 0.0929. The van der Waals surface area contributed by atoms with E-state index in [1.807, 2.05) is 30.3 Å². The molecule has 130 valence electrons. The second-order valence-corrected chi connectivity index (χ2v) is 5.59. The number of piperidine rings is 1. The van der Waals surface area contributed by atoms with Crippen molar-refractivity contribution in [3.05, 3.63) is 48.6 Å². The number of nitrogens with two attached hydrogens (primary N) is 1. The average Bonchev–Trinajstić information content (AvgIpc) is 2.60. The Hall–Kier alpha value is -2.38. The van der Waals surface area contributed by atoms with Crippen molar-refractivity contribution in [1.29, 1.82) is 0 Å². The number of nitrogens with one attached hydrogen (secondary N) is 1. The fourth-order valence-corrected chi connectivity index (χ4v) is 2.61. The van der Waals surface area contributed by atoms with Gasteiger partial charge in [0.25, 0.3) is 0 Å². The number of ether oxygens (including phenoxy) is 1. The van der Waals surface area contributed by atoms with Gasteiger partial charge in [0.1, 0.15) is 12.6 Å². The molecule has 2 atom stereocenters. The van der Waals surface area contributed by atoms with Gasteiger partial charge in [-0.3, -0.25) is 4.84 Å². The number of benzene rings is 1. The van der Waals surface area contributed by atoms with E-state index in [-0.39, 0.29) is 19.2 Å². The topological polar surface area (TPSA) is 93.9 Å². The summed E-state index contributed by atoms with van der Waals surface area (Å²) >= 11 is 0. The lowest BCUT2D eigenvalue weighted by molar-refractivity contribution is -0.149. The van der Waals surface area contributed by atoms with E-state index in [1.54, 1.807) is 0 Å². The lowest BCUT2D eigenvalue weighted by Gasteiger charge is -2.37. The zero-order valence-corrected chi connectivity index (χ0v) is 13.5. The summed E-state index contributed by atoms with van der Waals surface area (Å²) in [5, 5.41) is 0. The first-order valence-corrected chi connectivity index (χ1v) is 7.86. The van der Waals surface area contributed by atoms with Gasteiger partial charge in [-0.1, -0.05) is 43.0 Å². The zero-order chi connectivity index (χ0) is 17.4. The number of nitrogens with zero attached hydrogens (tertiary/aromatic N) is 1. The molecule has 24 heavy (non-hydrogen) atoms. The third kappa shape index (κ3) is 5.07. The van der Waals surface area contributed by atoms with Crippen molar-refractivity contribution in [3.8, 4) is 0 Å². The molecule has 2 amide bonds. The number of hydroxylamine groups is 1. The van der Waals surface area contributed by atoms with Crippen LogP contribution in [0, 0.1) is 0 Å². The van der Waals surface area contributed by atoms with E-state index in [2.05, 4.69) is 12.1 Å². The molecule has 7 nitrogen and oxygen atoms in total. The van der Waals surface area contributed by atoms with Crippen LogP contribution in [0.15, 0.2) is 43.0 Å². The number of amides is 2. The molecule has 0 aromatic heterocycles. The van der Waals surface area contributed by atoms with Gasteiger partial charge in [-0.15, -0.1) is 0 Å². The molecule has 1 heterocycles. The molecule has 2 rings (SSSR count). The zero-order valence-electron chi connectivity index (χ0n) is 13.5. The first-order valence-electron chi connectivity index (χ1n) is 7.86. The Morgan fingerprint density at radius 2 is 2.08 bits per heavy atom. The van der Waals surface area contributed by atoms with Crippen LogP contribution in [-0.4, -0.2) is 42.1 Å². The number of rotatable bonds is 7. The summed E-state index contributed by atoms with van der Waals surface area (Å²) in [6.07, 6.45) is 2.62. The van der Waals surface area contributed by atoms with E-state index in [1.165, 1.54) is 11.0 Å². The van der Waals surface area contributed by atoms with Crippen LogP contribution in [-0.2, 0) is 21.0 Å². The molecule has 1 saturated heterocycles. The Balaban J connectivity index is 1.84. The molecule has 7 heteroatoms. The highest BCUT2D eigenvalue weighted by atomic mass is 16.6. The third-order valence-corrected chi connectivity index (χ3v) is 3.81. The van der Waals surface area contributed by atoms with Gasteiger partial charge in [0, 0.05) is 6.54 Å². The van der Waals surface area contributed by atoms with Crippen LogP contribution in [0.4, 0.5) is 4.79 Å². The van der Waals surface area contributed by atoms with Crippen LogP contribution in [0.25, 0.3) is 0 Å². The number of carbonyl (C=O) groups is 2. The van der Waals surface area contributed by atoms with Gasteiger partial charge in [-0.2, -0.15) is 5.48 Å². The van der Waals surface area contributed by atoms with E-state index >= 15 is 0 Å².